The minimum atomic E-state index is -0.339. The number of hydrogen-bond donors (Lipinski definition) is 1. The lowest BCUT2D eigenvalue weighted by Crippen LogP contribution is -2.20. The lowest BCUT2D eigenvalue weighted by atomic mass is 9.82. The van der Waals surface area contributed by atoms with Crippen molar-refractivity contribution in [3.05, 3.63) is 59.9 Å². The Kier molecular flexibility index (Phi) is 5.37. The number of amides is 1. The first-order valence-electron chi connectivity index (χ1n) is 7.69. The predicted octanol–water partition coefficient (Wildman–Crippen LogP) is 4.53. The highest BCUT2D eigenvalue weighted by molar-refractivity contribution is 5.91. The smallest absolute Gasteiger partial charge is 0.262 e. The van der Waals surface area contributed by atoms with Crippen molar-refractivity contribution in [2.45, 2.75) is 32.6 Å². The lowest BCUT2D eigenvalue weighted by Gasteiger charge is -2.23. The van der Waals surface area contributed by atoms with Crippen LogP contribution in [0.5, 0.6) is 5.75 Å². The number of carbonyl (C=O) groups is 1. The Labute approximate surface area is 136 Å². The number of ether oxygens (including phenoxy) is 1. The highest BCUT2D eigenvalue weighted by Gasteiger charge is 2.17. The Morgan fingerprint density at radius 1 is 1.09 bits per heavy atom. The normalized spacial score (nSPS) is 11.1. The Bertz CT molecular complexity index is 648. The molecule has 0 spiro atoms. The van der Waals surface area contributed by atoms with Gasteiger partial charge in [-0.2, -0.15) is 0 Å². The van der Waals surface area contributed by atoms with Crippen LogP contribution in [-0.4, -0.2) is 12.5 Å². The van der Waals surface area contributed by atoms with E-state index in [1.54, 1.807) is 0 Å². The molecule has 0 aliphatic heterocycles. The number of hydrogen-bond acceptors (Lipinski definition) is 2. The zero-order valence-corrected chi connectivity index (χ0v) is 13.7. The number of nitrogens with one attached hydrogen (secondary N) is 1. The van der Waals surface area contributed by atoms with E-state index in [1.165, 1.54) is 29.8 Å². The van der Waals surface area contributed by atoms with Gasteiger partial charge in [-0.3, -0.25) is 4.79 Å². The maximum absolute atomic E-state index is 12.8. The van der Waals surface area contributed by atoms with Crippen LogP contribution in [0.1, 0.15) is 32.8 Å². The van der Waals surface area contributed by atoms with Crippen LogP contribution in [0.15, 0.2) is 48.5 Å². The maximum atomic E-state index is 12.8. The van der Waals surface area contributed by atoms with Crippen LogP contribution in [0.2, 0.25) is 0 Å². The summed E-state index contributed by atoms with van der Waals surface area (Å²) >= 11 is 0. The van der Waals surface area contributed by atoms with E-state index in [0.29, 0.717) is 11.4 Å². The van der Waals surface area contributed by atoms with Crippen LogP contribution in [0.3, 0.4) is 0 Å². The van der Waals surface area contributed by atoms with Gasteiger partial charge in [-0.05, 0) is 53.8 Å². The average molecular weight is 315 g/mol. The van der Waals surface area contributed by atoms with E-state index in [4.69, 9.17) is 4.74 Å². The van der Waals surface area contributed by atoms with E-state index in [-0.39, 0.29) is 23.7 Å². The fourth-order valence-electron chi connectivity index (χ4n) is 2.09. The van der Waals surface area contributed by atoms with Gasteiger partial charge in [0.1, 0.15) is 11.6 Å². The van der Waals surface area contributed by atoms with Gasteiger partial charge in [-0.15, -0.1) is 0 Å². The molecule has 0 aromatic heterocycles. The molecule has 0 unspecified atom stereocenters. The van der Waals surface area contributed by atoms with Crippen molar-refractivity contribution < 1.29 is 13.9 Å². The van der Waals surface area contributed by atoms with Crippen molar-refractivity contribution in [2.75, 3.05) is 11.9 Å². The Hall–Kier alpha value is -2.36. The summed E-state index contributed by atoms with van der Waals surface area (Å²) in [5, 5.41) is 2.65. The van der Waals surface area contributed by atoms with Gasteiger partial charge in [0, 0.05) is 5.69 Å². The summed E-state index contributed by atoms with van der Waals surface area (Å²) in [5.41, 5.74) is 1.90. The van der Waals surface area contributed by atoms with Gasteiger partial charge in [0.05, 0.1) is 0 Å². The molecule has 0 fully saturated rings. The summed E-state index contributed by atoms with van der Waals surface area (Å²) in [6.07, 6.45) is 1.05. The summed E-state index contributed by atoms with van der Waals surface area (Å²) in [4.78, 5) is 11.8. The van der Waals surface area contributed by atoms with Gasteiger partial charge in [-0.25, -0.2) is 4.39 Å². The number of anilines is 1. The number of carbonyl (C=O) groups excluding carboxylic acids is 1. The third-order valence-corrected chi connectivity index (χ3v) is 4.02. The monoisotopic (exact) mass is 315 g/mol. The molecule has 2 aromatic carbocycles. The highest BCUT2D eigenvalue weighted by Crippen LogP contribution is 2.28. The molecule has 0 bridgehead atoms. The van der Waals surface area contributed by atoms with Crippen molar-refractivity contribution in [1.82, 2.24) is 0 Å². The zero-order valence-electron chi connectivity index (χ0n) is 13.7. The molecule has 1 amide bonds. The molecule has 122 valence electrons. The molecule has 0 radical (unpaired) electrons. The van der Waals surface area contributed by atoms with Gasteiger partial charge in [0.15, 0.2) is 6.61 Å². The molecule has 4 heteroatoms. The summed E-state index contributed by atoms with van der Waals surface area (Å²) in [5.74, 6) is 0.0267. The van der Waals surface area contributed by atoms with Crippen LogP contribution in [0, 0.1) is 5.82 Å². The third-order valence-electron chi connectivity index (χ3n) is 4.02. The maximum Gasteiger partial charge on any atom is 0.262 e. The van der Waals surface area contributed by atoms with E-state index in [1.807, 2.05) is 24.3 Å². The Morgan fingerprint density at radius 2 is 1.70 bits per heavy atom. The van der Waals surface area contributed by atoms with E-state index >= 15 is 0 Å². The van der Waals surface area contributed by atoms with Gasteiger partial charge in [0.25, 0.3) is 5.91 Å². The molecular formula is C19H22FNO2. The first kappa shape index (κ1) is 17.0. The van der Waals surface area contributed by atoms with Gasteiger partial charge < -0.3 is 10.1 Å². The molecule has 0 saturated heterocycles. The standard InChI is InChI=1S/C19H22FNO2/c1-4-19(2,3)14-5-11-17(12-6-14)23-13-18(22)21-16-9-7-15(20)8-10-16/h5-12H,4,13H2,1-3H3,(H,21,22). The average Bonchev–Trinajstić information content (AvgIpc) is 2.55. The molecule has 0 heterocycles. The van der Waals surface area contributed by atoms with Crippen molar-refractivity contribution in [3.8, 4) is 5.75 Å². The summed E-state index contributed by atoms with van der Waals surface area (Å²) in [6, 6.07) is 13.4. The van der Waals surface area contributed by atoms with E-state index < -0.39 is 0 Å². The van der Waals surface area contributed by atoms with E-state index in [0.717, 1.165) is 6.42 Å². The SMILES string of the molecule is CCC(C)(C)c1ccc(OCC(=O)Nc2ccc(F)cc2)cc1. The number of rotatable bonds is 6. The molecule has 0 saturated carbocycles. The number of halogens is 1. The molecule has 3 nitrogen and oxygen atoms in total. The third kappa shape index (κ3) is 4.81. The highest BCUT2D eigenvalue weighted by atomic mass is 19.1. The molecule has 2 rings (SSSR count). The second kappa shape index (κ2) is 7.27. The predicted molar refractivity (Wildman–Crippen MR) is 90.3 cm³/mol. The molecule has 0 aliphatic carbocycles. The first-order valence-corrected chi connectivity index (χ1v) is 7.69. The Morgan fingerprint density at radius 3 is 2.26 bits per heavy atom. The quantitative estimate of drug-likeness (QED) is 0.850. The van der Waals surface area contributed by atoms with Crippen LogP contribution in [-0.2, 0) is 10.2 Å². The minimum Gasteiger partial charge on any atom is -0.484 e. The molecular weight excluding hydrogens is 293 g/mol. The first-order chi connectivity index (χ1) is 10.9. The summed E-state index contributed by atoms with van der Waals surface area (Å²) < 4.78 is 18.3. The van der Waals surface area contributed by atoms with Gasteiger partial charge in [-0.1, -0.05) is 32.9 Å². The fraction of sp³-hybridized carbons (Fsp3) is 0.316. The topological polar surface area (TPSA) is 38.3 Å². The van der Waals surface area contributed by atoms with Crippen molar-refractivity contribution in [1.29, 1.82) is 0 Å². The Balaban J connectivity index is 1.88. The van der Waals surface area contributed by atoms with Crippen LogP contribution in [0.4, 0.5) is 10.1 Å². The lowest BCUT2D eigenvalue weighted by molar-refractivity contribution is -0.118. The van der Waals surface area contributed by atoms with Crippen LogP contribution in [0.25, 0.3) is 0 Å². The molecule has 0 aliphatic rings. The minimum absolute atomic E-state index is 0.0894. The molecule has 0 atom stereocenters. The number of benzene rings is 2. The molecule has 2 aromatic rings. The molecule has 23 heavy (non-hydrogen) atoms. The zero-order chi connectivity index (χ0) is 16.9. The van der Waals surface area contributed by atoms with Crippen molar-refractivity contribution in [3.63, 3.8) is 0 Å². The second-order valence-electron chi connectivity index (χ2n) is 6.11. The van der Waals surface area contributed by atoms with Gasteiger partial charge >= 0.3 is 0 Å². The fourth-order valence-corrected chi connectivity index (χ4v) is 2.09. The van der Waals surface area contributed by atoms with Crippen LogP contribution < -0.4 is 10.1 Å². The van der Waals surface area contributed by atoms with Crippen molar-refractivity contribution in [2.24, 2.45) is 0 Å². The van der Waals surface area contributed by atoms with E-state index in [2.05, 4.69) is 26.1 Å². The summed E-state index contributed by atoms with van der Waals surface area (Å²) in [6.45, 7) is 6.45. The van der Waals surface area contributed by atoms with Crippen LogP contribution >= 0.6 is 0 Å². The summed E-state index contributed by atoms with van der Waals surface area (Å²) in [7, 11) is 0. The second-order valence-corrected chi connectivity index (χ2v) is 6.11. The van der Waals surface area contributed by atoms with E-state index in [9.17, 15) is 9.18 Å². The van der Waals surface area contributed by atoms with Crippen molar-refractivity contribution >= 4 is 11.6 Å². The van der Waals surface area contributed by atoms with Gasteiger partial charge in [0.2, 0.25) is 0 Å². The largest absolute Gasteiger partial charge is 0.484 e. The molecule has 1 N–H and O–H groups in total.